The summed E-state index contributed by atoms with van der Waals surface area (Å²) in [4.78, 5) is 12.1. The van der Waals surface area contributed by atoms with Crippen LogP contribution in [0.1, 0.15) is 10.4 Å². The Morgan fingerprint density at radius 2 is 1.56 bits per heavy atom. The van der Waals surface area contributed by atoms with Gasteiger partial charge in [-0.25, -0.2) is 0 Å². The summed E-state index contributed by atoms with van der Waals surface area (Å²) in [6.45, 7) is 0.876. The van der Waals surface area contributed by atoms with Gasteiger partial charge in [0.15, 0.2) is 0 Å². The van der Waals surface area contributed by atoms with Crippen LogP contribution >= 0.6 is 0 Å². The highest BCUT2D eigenvalue weighted by atomic mass is 19.4. The molecule has 0 heterocycles. The van der Waals surface area contributed by atoms with Gasteiger partial charge in [-0.1, -0.05) is 0 Å². The third-order valence-corrected chi connectivity index (χ3v) is 3.02. The van der Waals surface area contributed by atoms with E-state index in [1.54, 1.807) is 31.4 Å². The first kappa shape index (κ1) is 18.6. The van der Waals surface area contributed by atoms with Gasteiger partial charge in [0.25, 0.3) is 5.91 Å². The zero-order valence-electron chi connectivity index (χ0n) is 13.3. The average Bonchev–Trinajstić information content (AvgIpc) is 2.56. The van der Waals surface area contributed by atoms with Crippen LogP contribution in [0.5, 0.6) is 11.5 Å². The highest BCUT2D eigenvalue weighted by Gasteiger charge is 2.31. The molecule has 1 amide bonds. The van der Waals surface area contributed by atoms with Crippen molar-refractivity contribution in [2.75, 3.05) is 25.6 Å². The third-order valence-electron chi connectivity index (χ3n) is 3.02. The van der Waals surface area contributed by atoms with E-state index in [1.807, 2.05) is 0 Å². The average molecular weight is 355 g/mol. The predicted octanol–water partition coefficient (Wildman–Crippen LogP) is 3.86. The summed E-state index contributed by atoms with van der Waals surface area (Å²) in [5.74, 6) is -0.211. The molecular weight excluding hydrogens is 339 g/mol. The van der Waals surface area contributed by atoms with Crippen molar-refractivity contribution < 1.29 is 32.2 Å². The van der Waals surface area contributed by atoms with E-state index in [0.29, 0.717) is 24.7 Å². The molecule has 0 aromatic heterocycles. The molecule has 0 bridgehead atoms. The van der Waals surface area contributed by atoms with E-state index >= 15 is 0 Å². The molecule has 0 unspecified atom stereocenters. The maximum Gasteiger partial charge on any atom is 0.573 e. The van der Waals surface area contributed by atoms with Crippen molar-refractivity contribution in [2.24, 2.45) is 0 Å². The minimum Gasteiger partial charge on any atom is -0.491 e. The lowest BCUT2D eigenvalue weighted by Crippen LogP contribution is -2.17. The normalized spacial score (nSPS) is 11.0. The molecule has 0 aliphatic carbocycles. The van der Waals surface area contributed by atoms with Gasteiger partial charge >= 0.3 is 6.36 Å². The molecule has 0 atom stereocenters. The summed E-state index contributed by atoms with van der Waals surface area (Å²) in [5, 5.41) is 2.64. The van der Waals surface area contributed by atoms with Crippen molar-refractivity contribution in [1.29, 1.82) is 0 Å². The third kappa shape index (κ3) is 6.34. The van der Waals surface area contributed by atoms with Gasteiger partial charge in [0.05, 0.1) is 6.61 Å². The van der Waals surface area contributed by atoms with Crippen LogP contribution in [0, 0.1) is 0 Å². The van der Waals surface area contributed by atoms with E-state index in [0.717, 1.165) is 12.1 Å². The number of hydrogen-bond donors (Lipinski definition) is 1. The lowest BCUT2D eigenvalue weighted by atomic mass is 10.2. The number of rotatable bonds is 7. The minimum atomic E-state index is -4.77. The SMILES string of the molecule is COCCOc1ccc(NC(=O)c2ccc(OC(F)(F)F)cc2)cc1. The fourth-order valence-electron chi connectivity index (χ4n) is 1.89. The number of hydrogen-bond acceptors (Lipinski definition) is 4. The summed E-state index contributed by atoms with van der Waals surface area (Å²) in [6, 6.07) is 11.3. The van der Waals surface area contributed by atoms with Crippen LogP contribution in [-0.2, 0) is 4.74 Å². The van der Waals surface area contributed by atoms with Crippen LogP contribution in [0.4, 0.5) is 18.9 Å². The van der Waals surface area contributed by atoms with Crippen molar-refractivity contribution in [1.82, 2.24) is 0 Å². The molecule has 0 aliphatic rings. The van der Waals surface area contributed by atoms with E-state index in [4.69, 9.17) is 9.47 Å². The van der Waals surface area contributed by atoms with Gasteiger partial charge in [0.1, 0.15) is 18.1 Å². The molecular formula is C17H16F3NO4. The second kappa shape index (κ2) is 8.39. The quantitative estimate of drug-likeness (QED) is 0.766. The summed E-state index contributed by atoms with van der Waals surface area (Å²) in [7, 11) is 1.57. The molecule has 0 radical (unpaired) electrons. The number of alkyl halides is 3. The Morgan fingerprint density at radius 3 is 2.12 bits per heavy atom. The standard InChI is InChI=1S/C17H16F3NO4/c1-23-10-11-24-14-8-4-13(5-9-14)21-16(22)12-2-6-15(7-3-12)25-17(18,19)20/h2-9H,10-11H2,1H3,(H,21,22). The predicted molar refractivity (Wildman–Crippen MR) is 84.9 cm³/mol. The summed E-state index contributed by atoms with van der Waals surface area (Å²) < 4.78 is 50.3. The van der Waals surface area contributed by atoms with E-state index in [1.165, 1.54) is 12.1 Å². The Hall–Kier alpha value is -2.74. The summed E-state index contributed by atoms with van der Waals surface area (Å²) in [6.07, 6.45) is -4.77. The van der Waals surface area contributed by atoms with Crippen LogP contribution in [0.25, 0.3) is 0 Å². The first-order chi connectivity index (χ1) is 11.9. The smallest absolute Gasteiger partial charge is 0.491 e. The maximum atomic E-state index is 12.1. The van der Waals surface area contributed by atoms with Crippen molar-refractivity contribution in [2.45, 2.75) is 6.36 Å². The monoisotopic (exact) mass is 355 g/mol. The van der Waals surface area contributed by atoms with Crippen LogP contribution in [0.3, 0.4) is 0 Å². The van der Waals surface area contributed by atoms with Gasteiger partial charge < -0.3 is 19.5 Å². The molecule has 0 saturated carbocycles. The number of anilines is 1. The van der Waals surface area contributed by atoms with Crippen LogP contribution in [0.2, 0.25) is 0 Å². The largest absolute Gasteiger partial charge is 0.573 e. The molecule has 2 aromatic rings. The van der Waals surface area contributed by atoms with Gasteiger partial charge in [0.2, 0.25) is 0 Å². The number of methoxy groups -OCH3 is 1. The molecule has 2 rings (SSSR count). The molecule has 5 nitrogen and oxygen atoms in total. The van der Waals surface area contributed by atoms with Crippen LogP contribution < -0.4 is 14.8 Å². The fourth-order valence-corrected chi connectivity index (χ4v) is 1.89. The molecule has 25 heavy (non-hydrogen) atoms. The number of carbonyl (C=O) groups excluding carboxylic acids is 1. The van der Waals surface area contributed by atoms with Crippen molar-refractivity contribution >= 4 is 11.6 Å². The van der Waals surface area contributed by atoms with E-state index < -0.39 is 12.3 Å². The second-order valence-corrected chi connectivity index (χ2v) is 4.89. The zero-order chi connectivity index (χ0) is 18.3. The first-order valence-corrected chi connectivity index (χ1v) is 7.26. The van der Waals surface area contributed by atoms with Gasteiger partial charge in [-0.3, -0.25) is 4.79 Å². The van der Waals surface area contributed by atoms with E-state index in [-0.39, 0.29) is 11.3 Å². The fraction of sp³-hybridized carbons (Fsp3) is 0.235. The van der Waals surface area contributed by atoms with E-state index in [9.17, 15) is 18.0 Å². The number of benzene rings is 2. The lowest BCUT2D eigenvalue weighted by molar-refractivity contribution is -0.274. The Morgan fingerprint density at radius 1 is 0.960 bits per heavy atom. The van der Waals surface area contributed by atoms with Crippen molar-refractivity contribution in [3.05, 3.63) is 54.1 Å². The first-order valence-electron chi connectivity index (χ1n) is 7.26. The second-order valence-electron chi connectivity index (χ2n) is 4.89. The summed E-state index contributed by atoms with van der Waals surface area (Å²) in [5.41, 5.74) is 0.731. The van der Waals surface area contributed by atoms with Gasteiger partial charge in [-0.15, -0.1) is 13.2 Å². The topological polar surface area (TPSA) is 56.8 Å². The van der Waals surface area contributed by atoms with Crippen LogP contribution in [-0.4, -0.2) is 32.6 Å². The molecule has 134 valence electrons. The van der Waals surface area contributed by atoms with Crippen molar-refractivity contribution in [3.63, 3.8) is 0 Å². The number of carbonyl (C=O) groups is 1. The zero-order valence-corrected chi connectivity index (χ0v) is 13.3. The highest BCUT2D eigenvalue weighted by molar-refractivity contribution is 6.04. The maximum absolute atomic E-state index is 12.1. The van der Waals surface area contributed by atoms with Crippen LogP contribution in [0.15, 0.2) is 48.5 Å². The molecule has 8 heteroatoms. The van der Waals surface area contributed by atoms with Gasteiger partial charge in [-0.2, -0.15) is 0 Å². The number of amides is 1. The number of nitrogens with one attached hydrogen (secondary N) is 1. The van der Waals surface area contributed by atoms with Crippen molar-refractivity contribution in [3.8, 4) is 11.5 Å². The van der Waals surface area contributed by atoms with E-state index in [2.05, 4.69) is 10.1 Å². The summed E-state index contributed by atoms with van der Waals surface area (Å²) >= 11 is 0. The molecule has 0 saturated heterocycles. The Labute approximate surface area is 142 Å². The molecule has 0 aliphatic heterocycles. The molecule has 0 fully saturated rings. The lowest BCUT2D eigenvalue weighted by Gasteiger charge is -2.10. The molecule has 0 spiro atoms. The number of ether oxygens (including phenoxy) is 3. The number of halogens is 3. The molecule has 1 N–H and O–H groups in total. The Balaban J connectivity index is 1.92. The highest BCUT2D eigenvalue weighted by Crippen LogP contribution is 2.23. The minimum absolute atomic E-state index is 0.204. The van der Waals surface area contributed by atoms with Gasteiger partial charge in [0, 0.05) is 18.4 Å². The Bertz CT molecular complexity index is 685. The molecule has 2 aromatic carbocycles. The van der Waals surface area contributed by atoms with Gasteiger partial charge in [-0.05, 0) is 48.5 Å². The Kier molecular flexibility index (Phi) is 6.24.